The lowest BCUT2D eigenvalue weighted by atomic mass is 9.65. The third kappa shape index (κ3) is 4.96. The van der Waals surface area contributed by atoms with Crippen molar-refractivity contribution < 1.29 is 39.5 Å². The second-order valence-corrected chi connectivity index (χ2v) is 9.02. The summed E-state index contributed by atoms with van der Waals surface area (Å²) in [5.74, 6) is -3.91. The molecule has 0 spiro atoms. The maximum atomic E-state index is 13.3. The number of esters is 1. The third-order valence-electron chi connectivity index (χ3n) is 6.91. The molecule has 3 aliphatic heterocycles. The second-order valence-electron chi connectivity index (χ2n) is 9.02. The molecule has 9 nitrogen and oxygen atoms in total. The molecule has 9 heteroatoms. The number of methoxy groups -OCH3 is 1. The van der Waals surface area contributed by atoms with Crippen LogP contribution >= 0.6 is 0 Å². The molecule has 2 aromatic carbocycles. The molecular weight excluding hydrogens is 466 g/mol. The Hall–Kier alpha value is -4.11. The Morgan fingerprint density at radius 1 is 0.861 bits per heavy atom. The van der Waals surface area contributed by atoms with Crippen molar-refractivity contribution in [2.75, 3.05) is 20.2 Å². The lowest BCUT2D eigenvalue weighted by molar-refractivity contribution is -0.165. The zero-order valence-electron chi connectivity index (χ0n) is 19.6. The van der Waals surface area contributed by atoms with Crippen molar-refractivity contribution in [3.05, 3.63) is 59.7 Å². The van der Waals surface area contributed by atoms with Crippen LogP contribution in [0.3, 0.4) is 0 Å². The standard InChI is InChI=1S/C27H27NO8/c1-36-27(35)26-25(22(32)9-5-16-4-8-21(31)24(34)13-16)17-10-11-28(26)14-18(17)19(29)6-2-15-3-7-20(30)23(33)12-15/h2-9,12-13,17-18,25-26,30-31,33-34H,10-11,14H2,1H3/b6-2+,9-5+. The van der Waals surface area contributed by atoms with Crippen LogP contribution in [0.2, 0.25) is 0 Å². The van der Waals surface area contributed by atoms with Gasteiger partial charge in [0.2, 0.25) is 0 Å². The summed E-state index contributed by atoms with van der Waals surface area (Å²) >= 11 is 0. The molecule has 0 amide bonds. The molecule has 0 aliphatic carbocycles. The quantitative estimate of drug-likeness (QED) is 0.260. The van der Waals surface area contributed by atoms with E-state index in [1.807, 2.05) is 4.90 Å². The van der Waals surface area contributed by atoms with Gasteiger partial charge in [0.15, 0.2) is 34.6 Å². The highest BCUT2D eigenvalue weighted by Gasteiger charge is 2.54. The van der Waals surface area contributed by atoms with Gasteiger partial charge in [0, 0.05) is 12.5 Å². The first-order valence-electron chi connectivity index (χ1n) is 11.5. The molecule has 5 rings (SSSR count). The van der Waals surface area contributed by atoms with Crippen molar-refractivity contribution in [2.45, 2.75) is 12.5 Å². The molecule has 3 fully saturated rings. The minimum absolute atomic E-state index is 0.203. The average molecular weight is 494 g/mol. The van der Waals surface area contributed by atoms with E-state index < -0.39 is 23.8 Å². The molecule has 5 unspecified atom stereocenters. The number of rotatable bonds is 7. The lowest BCUT2D eigenvalue weighted by Crippen LogP contribution is -2.64. The van der Waals surface area contributed by atoms with Gasteiger partial charge in [-0.15, -0.1) is 0 Å². The van der Waals surface area contributed by atoms with E-state index in [0.717, 1.165) is 0 Å². The van der Waals surface area contributed by atoms with Crippen LogP contribution in [-0.2, 0) is 19.1 Å². The zero-order valence-corrected chi connectivity index (χ0v) is 19.6. The predicted octanol–water partition coefficient (Wildman–Crippen LogP) is 2.48. The van der Waals surface area contributed by atoms with Gasteiger partial charge in [-0.25, -0.2) is 0 Å². The predicted molar refractivity (Wildman–Crippen MR) is 130 cm³/mol. The number of phenols is 4. The van der Waals surface area contributed by atoms with Crippen LogP contribution in [0, 0.1) is 17.8 Å². The number of carbonyl (C=O) groups is 3. The van der Waals surface area contributed by atoms with Crippen LogP contribution in [0.25, 0.3) is 12.2 Å². The van der Waals surface area contributed by atoms with E-state index in [-0.39, 0.29) is 40.5 Å². The lowest BCUT2D eigenvalue weighted by Gasteiger charge is -2.51. The number of fused-ring (bicyclic) bond motifs is 3. The van der Waals surface area contributed by atoms with E-state index in [2.05, 4.69) is 0 Å². The fourth-order valence-electron chi connectivity index (χ4n) is 5.10. The highest BCUT2D eigenvalue weighted by Crippen LogP contribution is 2.43. The fraction of sp³-hybridized carbons (Fsp3) is 0.296. The number of hydrogen-bond acceptors (Lipinski definition) is 9. The Labute approximate surface area is 207 Å². The number of nitrogens with zero attached hydrogens (tertiary/aromatic N) is 1. The summed E-state index contributed by atoms with van der Waals surface area (Å²) in [5, 5.41) is 38.3. The summed E-state index contributed by atoms with van der Waals surface area (Å²) < 4.78 is 4.98. The van der Waals surface area contributed by atoms with E-state index in [1.54, 1.807) is 6.07 Å². The Kier molecular flexibility index (Phi) is 7.12. The van der Waals surface area contributed by atoms with Crippen molar-refractivity contribution in [1.82, 2.24) is 4.90 Å². The van der Waals surface area contributed by atoms with Crippen LogP contribution in [0.5, 0.6) is 23.0 Å². The monoisotopic (exact) mass is 493 g/mol. The van der Waals surface area contributed by atoms with E-state index in [0.29, 0.717) is 30.6 Å². The van der Waals surface area contributed by atoms with Gasteiger partial charge < -0.3 is 25.2 Å². The number of carbonyl (C=O) groups excluding carboxylic acids is 3. The minimum atomic E-state index is -0.804. The first-order chi connectivity index (χ1) is 17.2. The van der Waals surface area contributed by atoms with Gasteiger partial charge in [-0.05, 0) is 66.4 Å². The number of benzene rings is 2. The van der Waals surface area contributed by atoms with Gasteiger partial charge in [0.05, 0.1) is 13.0 Å². The number of hydrogen-bond donors (Lipinski definition) is 4. The first kappa shape index (κ1) is 25.0. The molecule has 3 saturated heterocycles. The van der Waals surface area contributed by atoms with E-state index in [9.17, 15) is 34.8 Å². The molecule has 36 heavy (non-hydrogen) atoms. The molecule has 3 aliphatic rings. The second kappa shape index (κ2) is 10.2. The van der Waals surface area contributed by atoms with E-state index >= 15 is 0 Å². The van der Waals surface area contributed by atoms with Crippen molar-refractivity contribution in [1.29, 1.82) is 0 Å². The number of ketones is 2. The van der Waals surface area contributed by atoms with Crippen LogP contribution in [0.1, 0.15) is 17.5 Å². The highest BCUT2D eigenvalue weighted by atomic mass is 16.5. The van der Waals surface area contributed by atoms with Crippen LogP contribution in [0.15, 0.2) is 48.6 Å². The van der Waals surface area contributed by atoms with Crippen molar-refractivity contribution >= 4 is 29.7 Å². The Balaban J connectivity index is 1.58. The van der Waals surface area contributed by atoms with E-state index in [4.69, 9.17) is 4.74 Å². The molecule has 0 saturated carbocycles. The molecular formula is C27H27NO8. The molecule has 5 atom stereocenters. The maximum Gasteiger partial charge on any atom is 0.323 e. The Morgan fingerprint density at radius 2 is 1.42 bits per heavy atom. The normalized spacial score (nSPS) is 25.3. The summed E-state index contributed by atoms with van der Waals surface area (Å²) in [5.41, 5.74) is 1.02. The van der Waals surface area contributed by atoms with Gasteiger partial charge in [0.25, 0.3) is 0 Å². The summed E-state index contributed by atoms with van der Waals surface area (Å²) in [4.78, 5) is 40.9. The molecule has 4 N–H and O–H groups in total. The number of ether oxygens (including phenoxy) is 1. The third-order valence-corrected chi connectivity index (χ3v) is 6.91. The zero-order chi connectivity index (χ0) is 26.0. The summed E-state index contributed by atoms with van der Waals surface area (Å²) in [6.45, 7) is 0.872. The van der Waals surface area contributed by atoms with Crippen LogP contribution < -0.4 is 0 Å². The van der Waals surface area contributed by atoms with Gasteiger partial charge in [0.1, 0.15) is 6.04 Å². The molecule has 2 aromatic rings. The maximum absolute atomic E-state index is 13.3. The van der Waals surface area contributed by atoms with Gasteiger partial charge in [-0.3, -0.25) is 19.3 Å². The van der Waals surface area contributed by atoms with Gasteiger partial charge in [-0.1, -0.05) is 24.3 Å². The van der Waals surface area contributed by atoms with Crippen LogP contribution in [-0.4, -0.2) is 69.1 Å². The molecule has 188 valence electrons. The molecule has 0 radical (unpaired) electrons. The molecule has 3 heterocycles. The number of aromatic hydroxyl groups is 4. The molecule has 0 aromatic heterocycles. The van der Waals surface area contributed by atoms with E-state index in [1.165, 1.54) is 61.7 Å². The molecule has 2 bridgehead atoms. The number of phenolic OH excluding ortho intramolecular Hbond substituents is 4. The van der Waals surface area contributed by atoms with Gasteiger partial charge >= 0.3 is 5.97 Å². The Morgan fingerprint density at radius 3 is 1.94 bits per heavy atom. The fourth-order valence-corrected chi connectivity index (χ4v) is 5.10. The average Bonchev–Trinajstić information content (AvgIpc) is 2.88. The topological polar surface area (TPSA) is 145 Å². The van der Waals surface area contributed by atoms with Gasteiger partial charge in [-0.2, -0.15) is 0 Å². The largest absolute Gasteiger partial charge is 0.504 e. The number of allylic oxidation sites excluding steroid dienone is 2. The summed E-state index contributed by atoms with van der Waals surface area (Å²) in [7, 11) is 1.26. The van der Waals surface area contributed by atoms with Crippen molar-refractivity contribution in [2.24, 2.45) is 17.8 Å². The summed E-state index contributed by atoms with van der Waals surface area (Å²) in [6, 6.07) is 7.56. The van der Waals surface area contributed by atoms with Crippen molar-refractivity contribution in [3.63, 3.8) is 0 Å². The highest BCUT2D eigenvalue weighted by molar-refractivity contribution is 6.01. The first-order valence-corrected chi connectivity index (χ1v) is 11.5. The van der Waals surface area contributed by atoms with Crippen molar-refractivity contribution in [3.8, 4) is 23.0 Å². The summed E-state index contributed by atoms with van der Waals surface area (Å²) in [6.07, 6.45) is 6.29. The SMILES string of the molecule is COC(=O)C1C(C(=O)/C=C/c2ccc(O)c(O)c2)C2CCN1CC2C(=O)/C=C/c1ccc(O)c(O)c1. The van der Waals surface area contributed by atoms with Crippen LogP contribution in [0.4, 0.5) is 0 Å². The smallest absolute Gasteiger partial charge is 0.323 e. The Bertz CT molecular complexity index is 1250. The minimum Gasteiger partial charge on any atom is -0.504 e. The number of piperidine rings is 3.